The molecule has 3 aromatic rings. The highest BCUT2D eigenvalue weighted by molar-refractivity contribution is 5.79. The Morgan fingerprint density at radius 1 is 1.03 bits per heavy atom. The van der Waals surface area contributed by atoms with Crippen LogP contribution in [0.3, 0.4) is 0 Å². The molecule has 0 spiro atoms. The minimum absolute atomic E-state index is 0.501. The molecule has 0 aliphatic heterocycles. The molecule has 2 aromatic carbocycles. The van der Waals surface area contributed by atoms with Crippen LogP contribution in [-0.2, 0) is 13.1 Å². The van der Waals surface area contributed by atoms with E-state index in [9.17, 15) is 0 Å². The lowest BCUT2D eigenvalue weighted by atomic mass is 10.1. The van der Waals surface area contributed by atoms with Crippen LogP contribution in [0.1, 0.15) is 17.8 Å². The fourth-order valence-corrected chi connectivity index (χ4v) is 3.57. The zero-order chi connectivity index (χ0) is 22.2. The second-order valence-electron chi connectivity index (χ2n) is 7.02. The number of imidazole rings is 1. The van der Waals surface area contributed by atoms with Crippen molar-refractivity contribution in [2.45, 2.75) is 26.4 Å². The van der Waals surface area contributed by atoms with Crippen molar-refractivity contribution in [2.24, 2.45) is 4.99 Å². The number of nitrogens with one attached hydrogen (secondary N) is 2. The third kappa shape index (κ3) is 5.20. The topological polar surface area (TPSA) is 81.9 Å². The fourth-order valence-electron chi connectivity index (χ4n) is 3.57. The second kappa shape index (κ2) is 10.6. The predicted molar refractivity (Wildman–Crippen MR) is 123 cm³/mol. The van der Waals surface area contributed by atoms with E-state index in [-0.39, 0.29) is 0 Å². The molecule has 2 N–H and O–H groups in total. The van der Waals surface area contributed by atoms with Crippen molar-refractivity contribution >= 4 is 17.0 Å². The summed E-state index contributed by atoms with van der Waals surface area (Å²) in [5, 5.41) is 6.69. The molecule has 8 heteroatoms. The van der Waals surface area contributed by atoms with E-state index >= 15 is 0 Å². The number of nitrogens with zero attached hydrogens (tertiary/aromatic N) is 3. The highest BCUT2D eigenvalue weighted by Gasteiger charge is 2.14. The van der Waals surface area contributed by atoms with E-state index in [1.54, 1.807) is 28.4 Å². The van der Waals surface area contributed by atoms with Crippen LogP contribution < -0.4 is 24.8 Å². The van der Waals surface area contributed by atoms with Crippen LogP contribution in [0.5, 0.6) is 17.2 Å². The van der Waals surface area contributed by atoms with E-state index in [0.717, 1.165) is 36.4 Å². The molecule has 0 amide bonds. The van der Waals surface area contributed by atoms with Crippen LogP contribution in [-0.4, -0.2) is 50.4 Å². The summed E-state index contributed by atoms with van der Waals surface area (Å²) in [4.78, 5) is 8.94. The standard InChI is InChI=1S/C23H31N5O3/c1-16-27-19-9-6-7-10-20(19)28(16)12-8-11-25-23(24-2)26-15-18-21(30-4)13-17(29-3)14-22(18)31-5/h6-7,9-10,13-14H,8,11-12,15H2,1-5H3,(H2,24,25,26). The fraction of sp³-hybridized carbons (Fsp3) is 0.391. The molecule has 0 aliphatic rings. The first-order valence-corrected chi connectivity index (χ1v) is 10.3. The van der Waals surface area contributed by atoms with E-state index in [2.05, 4.69) is 31.2 Å². The van der Waals surface area contributed by atoms with Gasteiger partial charge in [0.15, 0.2) is 5.96 Å². The van der Waals surface area contributed by atoms with E-state index in [1.807, 2.05) is 37.3 Å². The first-order chi connectivity index (χ1) is 15.1. The van der Waals surface area contributed by atoms with Crippen LogP contribution in [0.2, 0.25) is 0 Å². The Morgan fingerprint density at radius 3 is 2.39 bits per heavy atom. The second-order valence-corrected chi connectivity index (χ2v) is 7.02. The molecule has 31 heavy (non-hydrogen) atoms. The first-order valence-electron chi connectivity index (χ1n) is 10.3. The number of rotatable bonds is 9. The normalized spacial score (nSPS) is 11.5. The van der Waals surface area contributed by atoms with Crippen molar-refractivity contribution in [1.82, 2.24) is 20.2 Å². The van der Waals surface area contributed by atoms with Gasteiger partial charge in [-0.3, -0.25) is 4.99 Å². The van der Waals surface area contributed by atoms with Crippen molar-refractivity contribution in [3.63, 3.8) is 0 Å². The Labute approximate surface area is 183 Å². The van der Waals surface area contributed by atoms with Gasteiger partial charge in [0.2, 0.25) is 0 Å². The van der Waals surface area contributed by atoms with Gasteiger partial charge in [0, 0.05) is 32.3 Å². The molecular weight excluding hydrogens is 394 g/mol. The number of hydrogen-bond donors (Lipinski definition) is 2. The molecule has 166 valence electrons. The zero-order valence-electron chi connectivity index (χ0n) is 18.9. The largest absolute Gasteiger partial charge is 0.496 e. The van der Waals surface area contributed by atoms with Gasteiger partial charge in [0.25, 0.3) is 0 Å². The van der Waals surface area contributed by atoms with Crippen molar-refractivity contribution < 1.29 is 14.2 Å². The maximum absolute atomic E-state index is 5.51. The number of benzene rings is 2. The SMILES string of the molecule is CN=C(NCCCn1c(C)nc2ccccc21)NCc1c(OC)cc(OC)cc1OC. The van der Waals surface area contributed by atoms with Crippen LogP contribution in [0.15, 0.2) is 41.4 Å². The van der Waals surface area contributed by atoms with Gasteiger partial charge in [-0.2, -0.15) is 0 Å². The maximum Gasteiger partial charge on any atom is 0.191 e. The molecule has 0 radical (unpaired) electrons. The maximum atomic E-state index is 5.51. The number of aryl methyl sites for hydroxylation is 2. The van der Waals surface area contributed by atoms with E-state index in [0.29, 0.717) is 29.8 Å². The minimum atomic E-state index is 0.501. The Balaban J connectivity index is 1.56. The number of aliphatic imine (C=N–C) groups is 1. The smallest absolute Gasteiger partial charge is 0.191 e. The summed E-state index contributed by atoms with van der Waals surface area (Å²) in [5.41, 5.74) is 3.10. The molecule has 1 heterocycles. The minimum Gasteiger partial charge on any atom is -0.496 e. The Kier molecular flexibility index (Phi) is 7.59. The van der Waals surface area contributed by atoms with Crippen LogP contribution in [0.4, 0.5) is 0 Å². The average Bonchev–Trinajstić information content (AvgIpc) is 3.12. The van der Waals surface area contributed by atoms with Gasteiger partial charge >= 0.3 is 0 Å². The van der Waals surface area contributed by atoms with E-state index in [1.165, 1.54) is 5.52 Å². The number of guanidine groups is 1. The molecule has 0 saturated heterocycles. The van der Waals surface area contributed by atoms with Gasteiger partial charge in [0.05, 0.1) is 44.5 Å². The summed E-state index contributed by atoms with van der Waals surface area (Å²) in [7, 11) is 6.64. The molecule has 0 saturated carbocycles. The third-order valence-electron chi connectivity index (χ3n) is 5.17. The van der Waals surface area contributed by atoms with Gasteiger partial charge in [-0.25, -0.2) is 4.98 Å². The summed E-state index contributed by atoms with van der Waals surface area (Å²) < 4.78 is 18.6. The molecule has 0 fully saturated rings. The number of aromatic nitrogens is 2. The first kappa shape index (κ1) is 22.3. The highest BCUT2D eigenvalue weighted by atomic mass is 16.5. The number of ether oxygens (including phenoxy) is 3. The predicted octanol–water partition coefficient (Wildman–Crippen LogP) is 3.13. The number of methoxy groups -OCH3 is 3. The highest BCUT2D eigenvalue weighted by Crippen LogP contribution is 2.33. The lowest BCUT2D eigenvalue weighted by Crippen LogP contribution is -2.37. The summed E-state index contributed by atoms with van der Waals surface area (Å²) in [5.74, 6) is 3.82. The van der Waals surface area contributed by atoms with Crippen molar-refractivity contribution in [3.8, 4) is 17.2 Å². The summed E-state index contributed by atoms with van der Waals surface area (Å²) in [6.07, 6.45) is 0.942. The van der Waals surface area contributed by atoms with Crippen LogP contribution in [0.25, 0.3) is 11.0 Å². The van der Waals surface area contributed by atoms with Gasteiger partial charge < -0.3 is 29.4 Å². The Bertz CT molecular complexity index is 1020. The lowest BCUT2D eigenvalue weighted by molar-refractivity contribution is 0.368. The number of fused-ring (bicyclic) bond motifs is 1. The lowest BCUT2D eigenvalue weighted by Gasteiger charge is -2.17. The molecule has 3 rings (SSSR count). The Morgan fingerprint density at radius 2 is 1.74 bits per heavy atom. The molecule has 8 nitrogen and oxygen atoms in total. The zero-order valence-corrected chi connectivity index (χ0v) is 18.9. The molecule has 0 bridgehead atoms. The quantitative estimate of drug-likeness (QED) is 0.311. The van der Waals surface area contributed by atoms with Crippen molar-refractivity contribution in [2.75, 3.05) is 34.9 Å². The van der Waals surface area contributed by atoms with Crippen molar-refractivity contribution in [1.29, 1.82) is 0 Å². The molecule has 0 aliphatic carbocycles. The monoisotopic (exact) mass is 425 g/mol. The summed E-state index contributed by atoms with van der Waals surface area (Å²) in [6, 6.07) is 11.9. The Hall–Kier alpha value is -3.42. The molecule has 0 unspecified atom stereocenters. The van der Waals surface area contributed by atoms with E-state index < -0.39 is 0 Å². The molecular formula is C23H31N5O3. The van der Waals surface area contributed by atoms with E-state index in [4.69, 9.17) is 14.2 Å². The number of para-hydroxylation sites is 2. The molecule has 1 aromatic heterocycles. The average molecular weight is 426 g/mol. The van der Waals surface area contributed by atoms with Gasteiger partial charge in [-0.15, -0.1) is 0 Å². The van der Waals surface area contributed by atoms with Gasteiger partial charge in [-0.1, -0.05) is 12.1 Å². The van der Waals surface area contributed by atoms with Crippen molar-refractivity contribution in [3.05, 3.63) is 47.8 Å². The third-order valence-corrected chi connectivity index (χ3v) is 5.17. The number of hydrogen-bond acceptors (Lipinski definition) is 5. The van der Waals surface area contributed by atoms with Gasteiger partial charge in [0.1, 0.15) is 23.1 Å². The van der Waals surface area contributed by atoms with Crippen LogP contribution in [0, 0.1) is 6.92 Å². The summed E-state index contributed by atoms with van der Waals surface area (Å²) in [6.45, 7) is 4.21. The van der Waals surface area contributed by atoms with Crippen LogP contribution >= 0.6 is 0 Å². The molecule has 0 atom stereocenters. The van der Waals surface area contributed by atoms with Gasteiger partial charge in [-0.05, 0) is 25.5 Å². The summed E-state index contributed by atoms with van der Waals surface area (Å²) >= 11 is 0.